The molecule has 1 N–H and O–H groups in total. The Bertz CT molecular complexity index is 389. The molecule has 1 saturated heterocycles. The Labute approximate surface area is 130 Å². The third-order valence-electron chi connectivity index (χ3n) is 3.61. The van der Waals surface area contributed by atoms with E-state index < -0.39 is 0 Å². The maximum Gasteiger partial charge on any atom is 0.169 e. The van der Waals surface area contributed by atoms with Crippen LogP contribution >= 0.6 is 15.9 Å². The molecule has 0 bridgehead atoms. The molecule has 0 amide bonds. The van der Waals surface area contributed by atoms with Gasteiger partial charge in [-0.1, -0.05) is 13.8 Å². The summed E-state index contributed by atoms with van der Waals surface area (Å²) in [5, 5.41) is 3.52. The molecule has 1 aromatic rings. The number of hydrogen-bond acceptors (Lipinski definition) is 4. The fourth-order valence-corrected chi connectivity index (χ4v) is 3.00. The predicted octanol–water partition coefficient (Wildman–Crippen LogP) is 2.88. The van der Waals surface area contributed by atoms with E-state index in [1.54, 1.807) is 0 Å². The Morgan fingerprint density at radius 2 is 2.05 bits per heavy atom. The second-order valence-corrected chi connectivity index (χ2v) is 6.55. The van der Waals surface area contributed by atoms with Gasteiger partial charge in [0.05, 0.1) is 19.8 Å². The number of furan rings is 1. The van der Waals surface area contributed by atoms with Crippen molar-refractivity contribution in [3.05, 3.63) is 22.6 Å². The van der Waals surface area contributed by atoms with Crippen LogP contribution in [0.25, 0.3) is 0 Å². The van der Waals surface area contributed by atoms with Crippen molar-refractivity contribution >= 4 is 15.9 Å². The molecule has 0 aromatic carbocycles. The van der Waals surface area contributed by atoms with E-state index in [0.717, 1.165) is 49.8 Å². The van der Waals surface area contributed by atoms with E-state index in [1.165, 1.54) is 6.42 Å². The zero-order chi connectivity index (χ0) is 14.4. The lowest BCUT2D eigenvalue weighted by Gasteiger charge is -2.35. The van der Waals surface area contributed by atoms with E-state index >= 15 is 0 Å². The summed E-state index contributed by atoms with van der Waals surface area (Å²) in [6.07, 6.45) is 1.22. The van der Waals surface area contributed by atoms with Gasteiger partial charge < -0.3 is 14.5 Å². The molecule has 1 atom stereocenters. The topological polar surface area (TPSA) is 37.6 Å². The number of morpholine rings is 1. The van der Waals surface area contributed by atoms with Crippen molar-refractivity contribution in [2.75, 3.05) is 32.8 Å². The number of halogens is 1. The summed E-state index contributed by atoms with van der Waals surface area (Å²) in [4.78, 5) is 2.55. The zero-order valence-corrected chi connectivity index (χ0v) is 14.0. The summed E-state index contributed by atoms with van der Waals surface area (Å²) >= 11 is 3.33. The van der Waals surface area contributed by atoms with Crippen LogP contribution in [0.15, 0.2) is 21.2 Å². The van der Waals surface area contributed by atoms with Crippen molar-refractivity contribution in [2.45, 2.75) is 32.9 Å². The van der Waals surface area contributed by atoms with Crippen molar-refractivity contribution in [3.63, 3.8) is 0 Å². The van der Waals surface area contributed by atoms with E-state index in [9.17, 15) is 0 Å². The monoisotopic (exact) mass is 344 g/mol. The summed E-state index contributed by atoms with van der Waals surface area (Å²) in [6.45, 7) is 10.2. The predicted molar refractivity (Wildman–Crippen MR) is 83.7 cm³/mol. The maximum atomic E-state index is 5.51. The molecular formula is C15H25BrN2O2. The molecule has 1 unspecified atom stereocenters. The van der Waals surface area contributed by atoms with Crippen molar-refractivity contribution in [1.29, 1.82) is 0 Å². The van der Waals surface area contributed by atoms with Gasteiger partial charge in [0, 0.05) is 25.7 Å². The van der Waals surface area contributed by atoms with Gasteiger partial charge in [0.2, 0.25) is 0 Å². The molecule has 2 heterocycles. The number of nitrogens with one attached hydrogen (secondary N) is 1. The lowest BCUT2D eigenvalue weighted by atomic mass is 10.0. The average Bonchev–Trinajstić information content (AvgIpc) is 2.84. The Balaban J connectivity index is 1.80. The fraction of sp³-hybridized carbons (Fsp3) is 0.733. The first-order chi connectivity index (χ1) is 9.65. The van der Waals surface area contributed by atoms with Crippen LogP contribution in [-0.4, -0.2) is 43.8 Å². The molecule has 20 heavy (non-hydrogen) atoms. The van der Waals surface area contributed by atoms with Crippen LogP contribution in [0.4, 0.5) is 0 Å². The Hall–Kier alpha value is -0.360. The second-order valence-electron chi connectivity index (χ2n) is 5.77. The van der Waals surface area contributed by atoms with E-state index in [4.69, 9.17) is 9.15 Å². The van der Waals surface area contributed by atoms with Crippen LogP contribution < -0.4 is 5.32 Å². The summed E-state index contributed by atoms with van der Waals surface area (Å²) in [5.74, 6) is 1.68. The van der Waals surface area contributed by atoms with Crippen LogP contribution in [0, 0.1) is 5.92 Å². The first kappa shape index (κ1) is 16.0. The molecule has 0 saturated carbocycles. The van der Waals surface area contributed by atoms with E-state index in [1.807, 2.05) is 12.1 Å². The highest BCUT2D eigenvalue weighted by molar-refractivity contribution is 9.10. The molecule has 4 nitrogen and oxygen atoms in total. The molecule has 1 aliphatic heterocycles. The quantitative estimate of drug-likeness (QED) is 0.825. The molecule has 0 spiro atoms. The first-order valence-electron chi connectivity index (χ1n) is 7.42. The highest BCUT2D eigenvalue weighted by atomic mass is 79.9. The summed E-state index contributed by atoms with van der Waals surface area (Å²) in [7, 11) is 0. The van der Waals surface area contributed by atoms with Crippen LogP contribution in [0.2, 0.25) is 0 Å². The second kappa shape index (κ2) is 8.17. The van der Waals surface area contributed by atoms with Crippen LogP contribution in [0.1, 0.15) is 26.0 Å². The lowest BCUT2D eigenvalue weighted by Crippen LogP contribution is -2.48. The van der Waals surface area contributed by atoms with Gasteiger partial charge in [0.15, 0.2) is 4.67 Å². The number of rotatable bonds is 7. The molecule has 1 aliphatic rings. The highest BCUT2D eigenvalue weighted by Gasteiger charge is 2.21. The van der Waals surface area contributed by atoms with Crippen molar-refractivity contribution in [1.82, 2.24) is 10.2 Å². The first-order valence-corrected chi connectivity index (χ1v) is 8.21. The van der Waals surface area contributed by atoms with Crippen LogP contribution in [0.3, 0.4) is 0 Å². The molecule has 0 aliphatic carbocycles. The molecule has 1 aromatic heterocycles. The van der Waals surface area contributed by atoms with Gasteiger partial charge in [-0.2, -0.15) is 0 Å². The van der Waals surface area contributed by atoms with Crippen molar-refractivity contribution in [3.8, 4) is 0 Å². The number of nitrogens with zero attached hydrogens (tertiary/aromatic N) is 1. The molecule has 0 radical (unpaired) electrons. The molecule has 5 heteroatoms. The number of ether oxygens (including phenoxy) is 1. The molecule has 2 rings (SSSR count). The highest BCUT2D eigenvalue weighted by Crippen LogP contribution is 2.15. The zero-order valence-electron chi connectivity index (χ0n) is 12.4. The van der Waals surface area contributed by atoms with Crippen molar-refractivity contribution in [2.24, 2.45) is 5.92 Å². The van der Waals surface area contributed by atoms with Gasteiger partial charge in [0.25, 0.3) is 0 Å². The third-order valence-corrected chi connectivity index (χ3v) is 4.04. The van der Waals surface area contributed by atoms with E-state index in [-0.39, 0.29) is 0 Å². The third kappa shape index (κ3) is 5.20. The fourth-order valence-electron chi connectivity index (χ4n) is 2.66. The maximum absolute atomic E-state index is 5.51. The Morgan fingerprint density at radius 3 is 2.65 bits per heavy atom. The van der Waals surface area contributed by atoms with Gasteiger partial charge >= 0.3 is 0 Å². The van der Waals surface area contributed by atoms with Gasteiger partial charge in [-0.05, 0) is 40.4 Å². The summed E-state index contributed by atoms with van der Waals surface area (Å²) in [5.41, 5.74) is 0. The minimum Gasteiger partial charge on any atom is -0.453 e. The van der Waals surface area contributed by atoms with E-state index in [2.05, 4.69) is 40.0 Å². The Kier molecular flexibility index (Phi) is 6.55. The summed E-state index contributed by atoms with van der Waals surface area (Å²) in [6, 6.07) is 4.52. The van der Waals surface area contributed by atoms with Crippen LogP contribution in [-0.2, 0) is 11.3 Å². The Morgan fingerprint density at radius 1 is 1.30 bits per heavy atom. The minimum absolute atomic E-state index is 0.581. The summed E-state index contributed by atoms with van der Waals surface area (Å²) < 4.78 is 11.8. The van der Waals surface area contributed by atoms with Gasteiger partial charge in [-0.15, -0.1) is 0 Å². The minimum atomic E-state index is 0.581. The molecule has 1 fully saturated rings. The van der Waals surface area contributed by atoms with Gasteiger partial charge in [0.1, 0.15) is 5.76 Å². The molecule has 114 valence electrons. The normalized spacial score (nSPS) is 18.6. The molecular weight excluding hydrogens is 320 g/mol. The van der Waals surface area contributed by atoms with Gasteiger partial charge in [-0.3, -0.25) is 4.90 Å². The SMILES string of the molecule is CC(C)CC(CNCc1ccc(Br)o1)N1CCOCC1. The van der Waals surface area contributed by atoms with E-state index in [0.29, 0.717) is 12.0 Å². The smallest absolute Gasteiger partial charge is 0.169 e. The standard InChI is InChI=1S/C15H25BrN2O2/c1-12(2)9-13(18-5-7-19-8-6-18)10-17-11-14-3-4-15(16)20-14/h3-4,12-13,17H,5-11H2,1-2H3. The van der Waals surface area contributed by atoms with Crippen molar-refractivity contribution < 1.29 is 9.15 Å². The average molecular weight is 345 g/mol. The lowest BCUT2D eigenvalue weighted by molar-refractivity contribution is 0.0122. The van der Waals surface area contributed by atoms with Crippen LogP contribution in [0.5, 0.6) is 0 Å². The number of hydrogen-bond donors (Lipinski definition) is 1. The van der Waals surface area contributed by atoms with Gasteiger partial charge in [-0.25, -0.2) is 0 Å². The largest absolute Gasteiger partial charge is 0.453 e.